The number of methoxy groups -OCH3 is 1. The SMILES string of the molecule is COC1(CO[Si](c2ccccc2)(c2ccccc2)C(C)(C)C)COC(O)C1. The standard InChI is InChI=1S/C22H30O4Si/c1-21(2,3)27(18-11-7-5-8-12-18,19-13-9-6-10-14-19)26-17-22(24-4)15-20(23)25-16-22/h5-14,20,23H,15-17H2,1-4H3. The summed E-state index contributed by atoms with van der Waals surface area (Å²) in [5, 5.41) is 12.2. The molecule has 5 heteroatoms. The van der Waals surface area contributed by atoms with Crippen molar-refractivity contribution in [3.8, 4) is 0 Å². The van der Waals surface area contributed by atoms with Crippen molar-refractivity contribution in [3.63, 3.8) is 0 Å². The van der Waals surface area contributed by atoms with Crippen LogP contribution >= 0.6 is 0 Å². The van der Waals surface area contributed by atoms with Crippen LogP contribution in [0.1, 0.15) is 27.2 Å². The Morgan fingerprint density at radius 3 is 1.93 bits per heavy atom. The Kier molecular flexibility index (Phi) is 5.89. The van der Waals surface area contributed by atoms with Gasteiger partial charge in [0, 0.05) is 13.5 Å². The van der Waals surface area contributed by atoms with Crippen LogP contribution in [0.3, 0.4) is 0 Å². The Morgan fingerprint density at radius 1 is 1.04 bits per heavy atom. The molecule has 2 aromatic rings. The molecule has 146 valence electrons. The van der Waals surface area contributed by atoms with Gasteiger partial charge in [0.15, 0.2) is 6.29 Å². The van der Waals surface area contributed by atoms with Crippen LogP contribution in [0.4, 0.5) is 0 Å². The zero-order chi connectivity index (χ0) is 19.5. The van der Waals surface area contributed by atoms with Crippen LogP contribution in [-0.4, -0.2) is 45.6 Å². The summed E-state index contributed by atoms with van der Waals surface area (Å²) in [6, 6.07) is 21.0. The maximum absolute atomic E-state index is 9.87. The van der Waals surface area contributed by atoms with Crippen molar-refractivity contribution in [1.29, 1.82) is 0 Å². The number of benzene rings is 2. The maximum Gasteiger partial charge on any atom is 0.261 e. The predicted molar refractivity (Wildman–Crippen MR) is 110 cm³/mol. The topological polar surface area (TPSA) is 47.9 Å². The normalized spacial score (nSPS) is 23.5. The Labute approximate surface area is 163 Å². The lowest BCUT2D eigenvalue weighted by molar-refractivity contribution is -0.0676. The molecule has 0 bridgehead atoms. The highest BCUT2D eigenvalue weighted by Gasteiger charge is 2.52. The number of rotatable bonds is 6. The number of ether oxygens (including phenoxy) is 2. The highest BCUT2D eigenvalue weighted by molar-refractivity contribution is 6.99. The van der Waals surface area contributed by atoms with Gasteiger partial charge in [-0.2, -0.15) is 0 Å². The average molecular weight is 387 g/mol. The first-order valence-corrected chi connectivity index (χ1v) is 11.3. The molecule has 0 aliphatic carbocycles. The van der Waals surface area contributed by atoms with E-state index in [0.717, 1.165) is 0 Å². The largest absolute Gasteiger partial charge is 0.404 e. The molecule has 2 atom stereocenters. The minimum Gasteiger partial charge on any atom is -0.404 e. The second kappa shape index (κ2) is 7.85. The van der Waals surface area contributed by atoms with Crippen molar-refractivity contribution in [1.82, 2.24) is 0 Å². The minimum absolute atomic E-state index is 0.0945. The fourth-order valence-electron chi connectivity index (χ4n) is 3.99. The summed E-state index contributed by atoms with van der Waals surface area (Å²) in [7, 11) is -0.957. The van der Waals surface area contributed by atoms with E-state index in [2.05, 4.69) is 69.3 Å². The summed E-state index contributed by atoms with van der Waals surface area (Å²) in [5.74, 6) is 0. The van der Waals surface area contributed by atoms with Gasteiger partial charge in [0.2, 0.25) is 0 Å². The Bertz CT molecular complexity index is 689. The molecule has 1 N–H and O–H groups in total. The molecule has 1 fully saturated rings. The highest BCUT2D eigenvalue weighted by atomic mass is 28.4. The van der Waals surface area contributed by atoms with Gasteiger partial charge in [0.05, 0.1) is 13.2 Å². The van der Waals surface area contributed by atoms with Crippen LogP contribution in [0.15, 0.2) is 60.7 Å². The first-order valence-electron chi connectivity index (χ1n) is 9.43. The van der Waals surface area contributed by atoms with Gasteiger partial charge >= 0.3 is 0 Å². The number of aliphatic hydroxyl groups is 1. The van der Waals surface area contributed by atoms with Crippen molar-refractivity contribution in [3.05, 3.63) is 60.7 Å². The summed E-state index contributed by atoms with van der Waals surface area (Å²) < 4.78 is 18.1. The summed E-state index contributed by atoms with van der Waals surface area (Å²) in [6.45, 7) is 7.47. The van der Waals surface area contributed by atoms with E-state index < -0.39 is 20.2 Å². The van der Waals surface area contributed by atoms with E-state index in [4.69, 9.17) is 13.9 Å². The van der Waals surface area contributed by atoms with Gasteiger partial charge in [-0.3, -0.25) is 0 Å². The van der Waals surface area contributed by atoms with E-state index in [9.17, 15) is 5.11 Å². The molecule has 0 spiro atoms. The third kappa shape index (κ3) is 3.88. The van der Waals surface area contributed by atoms with Crippen LogP contribution in [-0.2, 0) is 13.9 Å². The van der Waals surface area contributed by atoms with Crippen LogP contribution in [0.5, 0.6) is 0 Å². The summed E-state index contributed by atoms with van der Waals surface area (Å²) >= 11 is 0. The Hall–Kier alpha value is -1.50. The van der Waals surface area contributed by atoms with E-state index in [1.165, 1.54) is 10.4 Å². The first-order chi connectivity index (χ1) is 12.8. The van der Waals surface area contributed by atoms with E-state index in [1.54, 1.807) is 7.11 Å². The minimum atomic E-state index is -2.62. The molecule has 1 aliphatic rings. The van der Waals surface area contributed by atoms with Gasteiger partial charge in [0.25, 0.3) is 8.32 Å². The predicted octanol–water partition coefficient (Wildman–Crippen LogP) is 2.69. The smallest absolute Gasteiger partial charge is 0.261 e. The maximum atomic E-state index is 9.87. The molecule has 0 aromatic heterocycles. The zero-order valence-corrected chi connectivity index (χ0v) is 17.6. The second-order valence-electron chi connectivity index (χ2n) is 8.31. The van der Waals surface area contributed by atoms with Crippen molar-refractivity contribution < 1.29 is 19.0 Å². The van der Waals surface area contributed by atoms with Crippen molar-refractivity contribution in [2.45, 2.75) is 44.1 Å². The summed E-state index contributed by atoms with van der Waals surface area (Å²) in [5.41, 5.74) is -0.619. The van der Waals surface area contributed by atoms with Crippen LogP contribution in [0.25, 0.3) is 0 Å². The van der Waals surface area contributed by atoms with Gasteiger partial charge in [-0.1, -0.05) is 81.4 Å². The first kappa shape index (κ1) is 20.2. The number of hydrogen-bond acceptors (Lipinski definition) is 4. The molecule has 1 aliphatic heterocycles. The molecule has 1 heterocycles. The van der Waals surface area contributed by atoms with E-state index >= 15 is 0 Å². The van der Waals surface area contributed by atoms with Gasteiger partial charge in [-0.05, 0) is 15.4 Å². The molecule has 3 rings (SSSR count). The molecule has 2 unspecified atom stereocenters. The molecule has 2 aromatic carbocycles. The van der Waals surface area contributed by atoms with E-state index in [-0.39, 0.29) is 5.04 Å². The van der Waals surface area contributed by atoms with Crippen LogP contribution in [0, 0.1) is 0 Å². The van der Waals surface area contributed by atoms with Gasteiger partial charge in [0.1, 0.15) is 5.60 Å². The summed E-state index contributed by atoms with van der Waals surface area (Å²) in [6.07, 6.45) is -0.380. The quantitative estimate of drug-likeness (QED) is 0.776. The van der Waals surface area contributed by atoms with Crippen molar-refractivity contribution >= 4 is 18.7 Å². The lowest BCUT2D eigenvalue weighted by Crippen LogP contribution is -2.67. The fraction of sp³-hybridized carbons (Fsp3) is 0.455. The third-order valence-corrected chi connectivity index (χ3v) is 10.5. The average Bonchev–Trinajstić information content (AvgIpc) is 3.04. The molecule has 4 nitrogen and oxygen atoms in total. The second-order valence-corrected chi connectivity index (χ2v) is 12.6. The van der Waals surface area contributed by atoms with Gasteiger partial charge in [-0.15, -0.1) is 0 Å². The van der Waals surface area contributed by atoms with Gasteiger partial charge < -0.3 is 19.0 Å². The van der Waals surface area contributed by atoms with E-state index in [1.807, 2.05) is 12.1 Å². The van der Waals surface area contributed by atoms with Gasteiger partial charge in [-0.25, -0.2) is 0 Å². The lowest BCUT2D eigenvalue weighted by atomic mass is 10.0. The van der Waals surface area contributed by atoms with Crippen molar-refractivity contribution in [2.75, 3.05) is 20.3 Å². The molecule has 0 saturated carbocycles. The number of hydrogen-bond donors (Lipinski definition) is 1. The monoisotopic (exact) mass is 386 g/mol. The molecule has 0 radical (unpaired) electrons. The number of aliphatic hydroxyl groups excluding tert-OH is 1. The lowest BCUT2D eigenvalue weighted by Gasteiger charge is -2.44. The van der Waals surface area contributed by atoms with Crippen LogP contribution in [0.2, 0.25) is 5.04 Å². The Balaban J connectivity index is 2.07. The highest BCUT2D eigenvalue weighted by Crippen LogP contribution is 2.38. The molecule has 1 saturated heterocycles. The molecular formula is C22H30O4Si. The zero-order valence-electron chi connectivity index (χ0n) is 16.6. The Morgan fingerprint density at radius 2 is 1.56 bits per heavy atom. The van der Waals surface area contributed by atoms with E-state index in [0.29, 0.717) is 19.6 Å². The third-order valence-electron chi connectivity index (χ3n) is 5.49. The van der Waals surface area contributed by atoms with Crippen molar-refractivity contribution in [2.24, 2.45) is 0 Å². The molecular weight excluding hydrogens is 356 g/mol. The fourth-order valence-corrected chi connectivity index (χ4v) is 8.62. The summed E-state index contributed by atoms with van der Waals surface area (Å²) in [4.78, 5) is 0. The molecule has 0 amide bonds. The molecule has 27 heavy (non-hydrogen) atoms. The van der Waals surface area contributed by atoms with Crippen LogP contribution < -0.4 is 10.4 Å².